The molecule has 1 aliphatic rings. The Morgan fingerprint density at radius 1 is 1.40 bits per heavy atom. The maximum atomic E-state index is 11.7. The Hall–Kier alpha value is -1.82. The average Bonchev–Trinajstić information content (AvgIpc) is 2.48. The summed E-state index contributed by atoms with van der Waals surface area (Å²) in [5.74, 6) is 0.387. The summed E-state index contributed by atoms with van der Waals surface area (Å²) in [5, 5.41) is 0. The van der Waals surface area contributed by atoms with Crippen molar-refractivity contribution in [2.45, 2.75) is 19.9 Å². The molecule has 2 heterocycles. The van der Waals surface area contributed by atoms with Gasteiger partial charge in [0, 0.05) is 26.2 Å². The lowest BCUT2D eigenvalue weighted by Crippen LogP contribution is -2.52. The summed E-state index contributed by atoms with van der Waals surface area (Å²) in [5.41, 5.74) is 6.66. The highest BCUT2D eigenvalue weighted by molar-refractivity contribution is 5.75. The molecule has 1 unspecified atom stereocenters. The molecule has 6 nitrogen and oxygen atoms in total. The predicted octanol–water partition coefficient (Wildman–Crippen LogP) is 0.737. The lowest BCUT2D eigenvalue weighted by molar-refractivity contribution is -0.149. The quantitative estimate of drug-likeness (QED) is 0.819. The lowest BCUT2D eigenvalue weighted by atomic mass is 10.2. The fourth-order valence-electron chi connectivity index (χ4n) is 2.36. The van der Waals surface area contributed by atoms with Gasteiger partial charge in [-0.3, -0.25) is 9.69 Å². The summed E-state index contributed by atoms with van der Waals surface area (Å²) in [4.78, 5) is 20.2. The minimum Gasteiger partial charge on any atom is -0.465 e. The molecular formula is C14H22N4O2. The molecule has 0 aliphatic carbocycles. The first kappa shape index (κ1) is 14.6. The minimum absolute atomic E-state index is 0.143. The van der Waals surface area contributed by atoms with E-state index in [0.717, 1.165) is 31.9 Å². The van der Waals surface area contributed by atoms with E-state index in [1.807, 2.05) is 26.0 Å². The summed E-state index contributed by atoms with van der Waals surface area (Å²) in [6, 6.07) is 3.61. The van der Waals surface area contributed by atoms with E-state index >= 15 is 0 Å². The molecule has 0 saturated carbocycles. The number of hydrogen-bond acceptors (Lipinski definition) is 6. The van der Waals surface area contributed by atoms with Gasteiger partial charge in [0.2, 0.25) is 0 Å². The number of piperazine rings is 1. The Bertz CT molecular complexity index is 441. The molecule has 0 radical (unpaired) electrons. The van der Waals surface area contributed by atoms with Crippen LogP contribution in [0.1, 0.15) is 13.8 Å². The van der Waals surface area contributed by atoms with E-state index in [2.05, 4.69) is 14.8 Å². The number of anilines is 2. The van der Waals surface area contributed by atoms with Crippen molar-refractivity contribution in [1.82, 2.24) is 9.88 Å². The zero-order chi connectivity index (χ0) is 14.5. The second kappa shape index (κ2) is 6.56. The van der Waals surface area contributed by atoms with Gasteiger partial charge < -0.3 is 15.4 Å². The van der Waals surface area contributed by atoms with Gasteiger partial charge in [-0.1, -0.05) is 0 Å². The zero-order valence-corrected chi connectivity index (χ0v) is 12.1. The van der Waals surface area contributed by atoms with Gasteiger partial charge in [-0.2, -0.15) is 0 Å². The molecule has 2 rings (SSSR count). The van der Waals surface area contributed by atoms with Gasteiger partial charge in [-0.25, -0.2) is 4.98 Å². The molecule has 1 aromatic rings. The highest BCUT2D eigenvalue weighted by Gasteiger charge is 2.26. The van der Waals surface area contributed by atoms with E-state index in [1.54, 1.807) is 6.20 Å². The van der Waals surface area contributed by atoms with E-state index in [-0.39, 0.29) is 12.0 Å². The largest absolute Gasteiger partial charge is 0.465 e. The van der Waals surface area contributed by atoms with Crippen molar-refractivity contribution in [2.24, 2.45) is 0 Å². The first-order chi connectivity index (χ1) is 9.61. The molecule has 1 saturated heterocycles. The standard InChI is InChI=1S/C14H22N4O2/c1-3-20-14(19)11(2)17-6-8-18(9-7-17)12-4-5-13(15)16-10-12/h4-5,10-11H,3,6-9H2,1-2H3,(H2,15,16). The summed E-state index contributed by atoms with van der Waals surface area (Å²) in [6.45, 7) is 7.58. The molecule has 0 amide bonds. The fourth-order valence-corrected chi connectivity index (χ4v) is 2.36. The average molecular weight is 278 g/mol. The molecule has 0 aromatic carbocycles. The Morgan fingerprint density at radius 3 is 2.65 bits per heavy atom. The van der Waals surface area contributed by atoms with E-state index in [1.165, 1.54) is 0 Å². The van der Waals surface area contributed by atoms with Gasteiger partial charge in [0.15, 0.2) is 0 Å². The van der Waals surface area contributed by atoms with Crippen molar-refractivity contribution in [3.05, 3.63) is 18.3 Å². The second-order valence-electron chi connectivity index (χ2n) is 4.89. The first-order valence-electron chi connectivity index (χ1n) is 6.99. The van der Waals surface area contributed by atoms with Crippen molar-refractivity contribution in [1.29, 1.82) is 0 Å². The first-order valence-corrected chi connectivity index (χ1v) is 6.99. The highest BCUT2D eigenvalue weighted by Crippen LogP contribution is 2.17. The Labute approximate surface area is 119 Å². The van der Waals surface area contributed by atoms with Crippen molar-refractivity contribution in [3.63, 3.8) is 0 Å². The fraction of sp³-hybridized carbons (Fsp3) is 0.571. The van der Waals surface area contributed by atoms with Gasteiger partial charge in [0.05, 0.1) is 18.5 Å². The van der Waals surface area contributed by atoms with Crippen LogP contribution >= 0.6 is 0 Å². The molecule has 1 fully saturated rings. The summed E-state index contributed by atoms with van der Waals surface area (Å²) in [7, 11) is 0. The number of hydrogen-bond donors (Lipinski definition) is 1. The normalized spacial score (nSPS) is 17.8. The van der Waals surface area contributed by atoms with Crippen molar-refractivity contribution >= 4 is 17.5 Å². The summed E-state index contributed by atoms with van der Waals surface area (Å²) < 4.78 is 5.06. The number of ether oxygens (including phenoxy) is 1. The van der Waals surface area contributed by atoms with Crippen LogP contribution in [0.15, 0.2) is 18.3 Å². The predicted molar refractivity (Wildman–Crippen MR) is 78.5 cm³/mol. The van der Waals surface area contributed by atoms with Crippen LogP contribution < -0.4 is 10.6 Å². The molecule has 0 spiro atoms. The van der Waals surface area contributed by atoms with Gasteiger partial charge >= 0.3 is 5.97 Å². The molecule has 0 bridgehead atoms. The van der Waals surface area contributed by atoms with Crippen molar-refractivity contribution in [3.8, 4) is 0 Å². The smallest absolute Gasteiger partial charge is 0.323 e. The minimum atomic E-state index is -0.179. The van der Waals surface area contributed by atoms with Gasteiger partial charge in [0.25, 0.3) is 0 Å². The summed E-state index contributed by atoms with van der Waals surface area (Å²) in [6.07, 6.45) is 1.79. The number of carbonyl (C=O) groups excluding carboxylic acids is 1. The van der Waals surface area contributed by atoms with Gasteiger partial charge in [-0.05, 0) is 26.0 Å². The number of nitrogens with two attached hydrogens (primary N) is 1. The number of pyridine rings is 1. The maximum absolute atomic E-state index is 11.7. The third-order valence-corrected chi connectivity index (χ3v) is 3.63. The molecule has 1 aliphatic heterocycles. The number of nitrogens with zero attached hydrogens (tertiary/aromatic N) is 3. The van der Waals surface area contributed by atoms with Crippen molar-refractivity contribution < 1.29 is 9.53 Å². The Kier molecular flexibility index (Phi) is 4.79. The van der Waals surface area contributed by atoms with Crippen LogP contribution in [0.25, 0.3) is 0 Å². The van der Waals surface area contributed by atoms with E-state index in [9.17, 15) is 4.79 Å². The van der Waals surface area contributed by atoms with Crippen LogP contribution in [0.2, 0.25) is 0 Å². The van der Waals surface area contributed by atoms with Crippen molar-refractivity contribution in [2.75, 3.05) is 43.4 Å². The summed E-state index contributed by atoms with van der Waals surface area (Å²) >= 11 is 0. The van der Waals surface area contributed by atoms with Gasteiger partial charge in [-0.15, -0.1) is 0 Å². The van der Waals surface area contributed by atoms with E-state index in [4.69, 9.17) is 10.5 Å². The lowest BCUT2D eigenvalue weighted by Gasteiger charge is -2.38. The van der Waals surface area contributed by atoms with Crippen LogP contribution in [0.3, 0.4) is 0 Å². The Balaban J connectivity index is 1.89. The maximum Gasteiger partial charge on any atom is 0.323 e. The molecular weight excluding hydrogens is 256 g/mol. The molecule has 20 heavy (non-hydrogen) atoms. The highest BCUT2D eigenvalue weighted by atomic mass is 16.5. The Morgan fingerprint density at radius 2 is 2.10 bits per heavy atom. The third kappa shape index (κ3) is 3.39. The molecule has 110 valence electrons. The van der Waals surface area contributed by atoms with Crippen LogP contribution in [0.5, 0.6) is 0 Å². The number of aromatic nitrogens is 1. The van der Waals surface area contributed by atoms with E-state index < -0.39 is 0 Å². The zero-order valence-electron chi connectivity index (χ0n) is 12.1. The van der Waals surface area contributed by atoms with Crippen LogP contribution in [0.4, 0.5) is 11.5 Å². The van der Waals surface area contributed by atoms with Gasteiger partial charge in [0.1, 0.15) is 11.9 Å². The SMILES string of the molecule is CCOC(=O)C(C)N1CCN(c2ccc(N)nc2)CC1. The number of rotatable bonds is 4. The van der Waals surface area contributed by atoms with Crippen LogP contribution in [0, 0.1) is 0 Å². The molecule has 6 heteroatoms. The van der Waals surface area contributed by atoms with Crippen LogP contribution in [-0.2, 0) is 9.53 Å². The van der Waals surface area contributed by atoms with E-state index in [0.29, 0.717) is 12.4 Å². The monoisotopic (exact) mass is 278 g/mol. The number of nitrogen functional groups attached to an aromatic ring is 1. The third-order valence-electron chi connectivity index (χ3n) is 3.63. The number of esters is 1. The molecule has 1 atom stereocenters. The second-order valence-corrected chi connectivity index (χ2v) is 4.89. The molecule has 2 N–H and O–H groups in total. The number of carbonyl (C=O) groups is 1. The topological polar surface area (TPSA) is 71.7 Å². The van der Waals surface area contributed by atoms with Crippen LogP contribution in [-0.4, -0.2) is 54.7 Å². The molecule has 1 aromatic heterocycles.